The summed E-state index contributed by atoms with van der Waals surface area (Å²) in [6.07, 6.45) is -0.820. The van der Waals surface area contributed by atoms with Gasteiger partial charge in [-0.05, 0) is 30.5 Å². The monoisotopic (exact) mass is 343 g/mol. The van der Waals surface area contributed by atoms with E-state index < -0.39 is 18.0 Å². The van der Waals surface area contributed by atoms with Gasteiger partial charge in [0.25, 0.3) is 0 Å². The zero-order chi connectivity index (χ0) is 15.3. The van der Waals surface area contributed by atoms with Crippen molar-refractivity contribution in [3.05, 3.63) is 22.7 Å². The highest BCUT2D eigenvalue weighted by Gasteiger charge is 2.22. The van der Waals surface area contributed by atoms with Gasteiger partial charge in [0.2, 0.25) is 5.91 Å². The number of hydrogen-bond donors (Lipinski definition) is 4. The molecule has 0 bridgehead atoms. The van der Waals surface area contributed by atoms with Crippen LogP contribution in [0.2, 0.25) is 0 Å². The van der Waals surface area contributed by atoms with E-state index >= 15 is 0 Å². The van der Waals surface area contributed by atoms with Crippen LogP contribution >= 0.6 is 15.9 Å². The third kappa shape index (κ3) is 5.08. The summed E-state index contributed by atoms with van der Waals surface area (Å²) in [5, 5.41) is 13.6. The summed E-state index contributed by atoms with van der Waals surface area (Å²) >= 11 is 3.29. The molecule has 2 amide bonds. The van der Waals surface area contributed by atoms with E-state index in [1.54, 1.807) is 18.2 Å². The van der Waals surface area contributed by atoms with Crippen molar-refractivity contribution in [3.63, 3.8) is 0 Å². The number of nitrogens with one attached hydrogen (secondary N) is 2. The first-order valence-corrected chi connectivity index (χ1v) is 6.94. The minimum atomic E-state index is -1.23. The largest absolute Gasteiger partial charge is 0.465 e. The van der Waals surface area contributed by atoms with Crippen LogP contribution < -0.4 is 16.4 Å². The Bertz CT molecular complexity index is 506. The lowest BCUT2D eigenvalue weighted by Gasteiger charge is -2.19. The number of carboxylic acid groups (broad SMARTS) is 1. The molecule has 0 saturated carbocycles. The number of carbonyl (C=O) groups excluding carboxylic acids is 1. The molecule has 0 aliphatic carbocycles. The number of rotatable bonds is 5. The molecule has 0 aliphatic heterocycles. The molecule has 20 heavy (non-hydrogen) atoms. The summed E-state index contributed by atoms with van der Waals surface area (Å²) in [6.45, 7) is 3.83. The van der Waals surface area contributed by atoms with Crippen LogP contribution in [0.15, 0.2) is 22.7 Å². The van der Waals surface area contributed by atoms with Crippen molar-refractivity contribution in [2.75, 3.05) is 11.1 Å². The van der Waals surface area contributed by atoms with Crippen molar-refractivity contribution < 1.29 is 14.7 Å². The van der Waals surface area contributed by atoms with E-state index in [4.69, 9.17) is 10.8 Å². The first-order valence-electron chi connectivity index (χ1n) is 6.15. The highest BCUT2D eigenvalue weighted by atomic mass is 79.9. The predicted molar refractivity (Wildman–Crippen MR) is 81.6 cm³/mol. The lowest BCUT2D eigenvalue weighted by atomic mass is 10.0. The molecule has 0 saturated heterocycles. The van der Waals surface area contributed by atoms with Gasteiger partial charge >= 0.3 is 6.09 Å². The van der Waals surface area contributed by atoms with E-state index in [9.17, 15) is 9.59 Å². The second-order valence-corrected chi connectivity index (χ2v) is 5.77. The van der Waals surface area contributed by atoms with Gasteiger partial charge in [-0.25, -0.2) is 4.79 Å². The van der Waals surface area contributed by atoms with Crippen molar-refractivity contribution in [2.24, 2.45) is 5.92 Å². The Labute approximate surface area is 125 Å². The summed E-state index contributed by atoms with van der Waals surface area (Å²) in [7, 11) is 0. The third-order valence-corrected chi connectivity index (χ3v) is 3.09. The minimum Gasteiger partial charge on any atom is -0.465 e. The molecule has 7 heteroatoms. The number of nitrogen functional groups attached to an aromatic ring is 1. The summed E-state index contributed by atoms with van der Waals surface area (Å²) in [6, 6.07) is 4.26. The minimum absolute atomic E-state index is 0.178. The van der Waals surface area contributed by atoms with E-state index in [1.807, 2.05) is 13.8 Å². The van der Waals surface area contributed by atoms with Crippen LogP contribution in [0, 0.1) is 5.92 Å². The number of nitrogens with two attached hydrogens (primary N) is 1. The Morgan fingerprint density at radius 2 is 2.05 bits per heavy atom. The predicted octanol–water partition coefficient (Wildman–Crippen LogP) is 2.65. The van der Waals surface area contributed by atoms with Crippen molar-refractivity contribution in [1.82, 2.24) is 5.32 Å². The average Bonchev–Trinajstić information content (AvgIpc) is 2.31. The molecule has 0 aromatic heterocycles. The van der Waals surface area contributed by atoms with Gasteiger partial charge in [0.05, 0.1) is 11.4 Å². The van der Waals surface area contributed by atoms with Gasteiger partial charge in [0, 0.05) is 4.47 Å². The standard InChI is InChI=1S/C13H18BrN3O3/c1-7(2)5-11(17-13(19)20)12(18)16-10-6-8(14)3-4-9(10)15/h3-4,6-7,11,17H,5,15H2,1-2H3,(H,16,18)(H,19,20). The zero-order valence-corrected chi connectivity index (χ0v) is 12.9. The second-order valence-electron chi connectivity index (χ2n) is 4.85. The maximum atomic E-state index is 12.1. The molecule has 1 aromatic rings. The van der Waals surface area contributed by atoms with E-state index in [0.717, 1.165) is 4.47 Å². The molecular weight excluding hydrogens is 326 g/mol. The van der Waals surface area contributed by atoms with Crippen molar-refractivity contribution in [2.45, 2.75) is 26.3 Å². The van der Waals surface area contributed by atoms with Crippen LogP contribution in [0.5, 0.6) is 0 Å². The second kappa shape index (κ2) is 7.14. The van der Waals surface area contributed by atoms with Gasteiger partial charge in [0.1, 0.15) is 6.04 Å². The summed E-state index contributed by atoms with van der Waals surface area (Å²) < 4.78 is 0.772. The Kier molecular flexibility index (Phi) is 5.82. The number of amides is 2. The summed E-state index contributed by atoms with van der Waals surface area (Å²) in [5.74, 6) is -0.247. The van der Waals surface area contributed by atoms with Crippen molar-refractivity contribution in [1.29, 1.82) is 0 Å². The fourth-order valence-corrected chi connectivity index (χ4v) is 2.07. The van der Waals surface area contributed by atoms with Gasteiger partial charge in [-0.1, -0.05) is 29.8 Å². The fraction of sp³-hybridized carbons (Fsp3) is 0.385. The van der Waals surface area contributed by atoms with E-state index in [-0.39, 0.29) is 5.92 Å². The molecule has 1 atom stereocenters. The molecule has 0 fully saturated rings. The SMILES string of the molecule is CC(C)CC(NC(=O)O)C(=O)Nc1cc(Br)ccc1N. The van der Waals surface area contributed by atoms with Gasteiger partial charge in [-0.3, -0.25) is 4.79 Å². The Morgan fingerprint density at radius 1 is 1.40 bits per heavy atom. The first kappa shape index (κ1) is 16.3. The van der Waals surface area contributed by atoms with Crippen LogP contribution in [0.1, 0.15) is 20.3 Å². The highest BCUT2D eigenvalue weighted by molar-refractivity contribution is 9.10. The molecule has 0 spiro atoms. The summed E-state index contributed by atoms with van der Waals surface area (Å²) in [4.78, 5) is 22.9. The molecular formula is C13H18BrN3O3. The van der Waals surface area contributed by atoms with E-state index in [0.29, 0.717) is 17.8 Å². The quantitative estimate of drug-likeness (QED) is 0.616. The number of anilines is 2. The van der Waals surface area contributed by atoms with Crippen LogP contribution in [0.4, 0.5) is 16.2 Å². The van der Waals surface area contributed by atoms with Crippen molar-refractivity contribution in [3.8, 4) is 0 Å². The van der Waals surface area contributed by atoms with Gasteiger partial charge < -0.3 is 21.5 Å². The Morgan fingerprint density at radius 3 is 2.60 bits per heavy atom. The Hall–Kier alpha value is -1.76. The number of hydrogen-bond acceptors (Lipinski definition) is 3. The lowest BCUT2D eigenvalue weighted by molar-refractivity contribution is -0.118. The average molecular weight is 344 g/mol. The van der Waals surface area contributed by atoms with Gasteiger partial charge in [-0.15, -0.1) is 0 Å². The maximum Gasteiger partial charge on any atom is 0.405 e. The van der Waals surface area contributed by atoms with Crippen molar-refractivity contribution >= 4 is 39.3 Å². The number of carbonyl (C=O) groups is 2. The topological polar surface area (TPSA) is 104 Å². The third-order valence-electron chi connectivity index (χ3n) is 2.59. The lowest BCUT2D eigenvalue weighted by Crippen LogP contribution is -2.44. The number of halogens is 1. The molecule has 0 aliphatic rings. The number of benzene rings is 1. The first-order chi connectivity index (χ1) is 9.29. The zero-order valence-electron chi connectivity index (χ0n) is 11.3. The van der Waals surface area contributed by atoms with E-state index in [2.05, 4.69) is 26.6 Å². The molecule has 0 radical (unpaired) electrons. The van der Waals surface area contributed by atoms with Crippen LogP contribution in [-0.2, 0) is 4.79 Å². The highest BCUT2D eigenvalue weighted by Crippen LogP contribution is 2.23. The molecule has 1 unspecified atom stereocenters. The summed E-state index contributed by atoms with van der Waals surface area (Å²) in [5.41, 5.74) is 6.63. The molecule has 0 heterocycles. The molecule has 6 nitrogen and oxygen atoms in total. The van der Waals surface area contributed by atoms with Crippen LogP contribution in [0.25, 0.3) is 0 Å². The molecule has 1 rings (SSSR count). The molecule has 5 N–H and O–H groups in total. The normalized spacial score (nSPS) is 12.0. The van der Waals surface area contributed by atoms with Crippen LogP contribution in [0.3, 0.4) is 0 Å². The van der Waals surface area contributed by atoms with E-state index in [1.165, 1.54) is 0 Å². The molecule has 1 aromatic carbocycles. The fourth-order valence-electron chi connectivity index (χ4n) is 1.71. The van der Waals surface area contributed by atoms with Gasteiger partial charge in [0.15, 0.2) is 0 Å². The van der Waals surface area contributed by atoms with Gasteiger partial charge in [-0.2, -0.15) is 0 Å². The maximum absolute atomic E-state index is 12.1. The smallest absolute Gasteiger partial charge is 0.405 e. The molecule has 110 valence electrons. The Balaban J connectivity index is 2.84. The van der Waals surface area contributed by atoms with Crippen LogP contribution in [-0.4, -0.2) is 23.1 Å².